The molecule has 4 aromatic rings. The average Bonchev–Trinajstić information content (AvgIpc) is 3.26. The molecule has 3 aromatic carbocycles. The summed E-state index contributed by atoms with van der Waals surface area (Å²) >= 11 is 0. The van der Waals surface area contributed by atoms with Crippen molar-refractivity contribution >= 4 is 5.69 Å². The van der Waals surface area contributed by atoms with Crippen molar-refractivity contribution in [2.24, 2.45) is 0 Å². The molecule has 6 heteroatoms. The minimum absolute atomic E-state index is 0.130. The summed E-state index contributed by atoms with van der Waals surface area (Å²) in [6, 6.07) is 28.3. The van der Waals surface area contributed by atoms with Crippen LogP contribution < -0.4 is 10.1 Å². The lowest BCUT2D eigenvalue weighted by Crippen LogP contribution is -2.33. The van der Waals surface area contributed by atoms with E-state index in [1.165, 1.54) is 0 Å². The highest BCUT2D eigenvalue weighted by Gasteiger charge is 2.31. The minimum atomic E-state index is -0.514. The zero-order valence-electron chi connectivity index (χ0n) is 17.4. The van der Waals surface area contributed by atoms with Crippen molar-refractivity contribution < 1.29 is 4.74 Å². The third kappa shape index (κ3) is 4.03. The molecule has 1 heterocycles. The number of nitrogens with one attached hydrogen (secondary N) is 1. The van der Waals surface area contributed by atoms with Crippen LogP contribution in [0.1, 0.15) is 36.8 Å². The van der Waals surface area contributed by atoms with E-state index in [2.05, 4.69) is 59.0 Å². The lowest BCUT2D eigenvalue weighted by molar-refractivity contribution is 0.414. The molecule has 0 aliphatic heterocycles. The number of tetrazole rings is 1. The Morgan fingerprint density at radius 3 is 1.93 bits per heavy atom. The van der Waals surface area contributed by atoms with Gasteiger partial charge >= 0.3 is 0 Å². The van der Waals surface area contributed by atoms with Gasteiger partial charge in [0.25, 0.3) is 0 Å². The lowest BCUT2D eigenvalue weighted by atomic mass is 9.97. The topological polar surface area (TPSA) is 64.9 Å². The molecular formula is C24H25N5O. The predicted molar refractivity (Wildman–Crippen MR) is 118 cm³/mol. The number of nitrogens with zero attached hydrogens (tertiary/aromatic N) is 4. The van der Waals surface area contributed by atoms with E-state index in [1.54, 1.807) is 7.11 Å². The molecule has 0 aliphatic rings. The van der Waals surface area contributed by atoms with Gasteiger partial charge in [-0.05, 0) is 59.7 Å². The van der Waals surface area contributed by atoms with E-state index in [1.807, 2.05) is 65.3 Å². The van der Waals surface area contributed by atoms with Crippen molar-refractivity contribution in [2.75, 3.05) is 12.4 Å². The summed E-state index contributed by atoms with van der Waals surface area (Å²) in [4.78, 5) is 0. The van der Waals surface area contributed by atoms with Crippen LogP contribution in [0.15, 0.2) is 84.9 Å². The van der Waals surface area contributed by atoms with Gasteiger partial charge in [-0.25, -0.2) is 4.68 Å². The third-order valence-electron chi connectivity index (χ3n) is 5.07. The summed E-state index contributed by atoms with van der Waals surface area (Å²) in [7, 11) is 1.66. The highest BCUT2D eigenvalue weighted by Crippen LogP contribution is 2.31. The second kappa shape index (κ2) is 8.37. The smallest absolute Gasteiger partial charge is 0.177 e. The van der Waals surface area contributed by atoms with Gasteiger partial charge in [-0.3, -0.25) is 0 Å². The van der Waals surface area contributed by atoms with Gasteiger partial charge in [0.05, 0.1) is 12.6 Å². The highest BCUT2D eigenvalue weighted by molar-refractivity contribution is 5.49. The first-order valence-electron chi connectivity index (χ1n) is 9.89. The quantitative estimate of drug-likeness (QED) is 0.489. The summed E-state index contributed by atoms with van der Waals surface area (Å²) in [5.74, 6) is 1.56. The molecular weight excluding hydrogens is 374 g/mol. The number of ether oxygens (including phenoxy) is 1. The van der Waals surface area contributed by atoms with Crippen molar-refractivity contribution in [3.63, 3.8) is 0 Å². The van der Waals surface area contributed by atoms with Crippen molar-refractivity contribution in [3.05, 3.63) is 102 Å². The van der Waals surface area contributed by atoms with Crippen LogP contribution >= 0.6 is 0 Å². The number of benzene rings is 3. The fourth-order valence-corrected chi connectivity index (χ4v) is 3.62. The molecule has 0 amide bonds. The fourth-order valence-electron chi connectivity index (χ4n) is 3.62. The Bertz CT molecular complexity index is 1040. The predicted octanol–water partition coefficient (Wildman–Crippen LogP) is 4.67. The van der Waals surface area contributed by atoms with E-state index in [0.717, 1.165) is 28.4 Å². The largest absolute Gasteiger partial charge is 0.497 e. The number of rotatable bonds is 7. The maximum Gasteiger partial charge on any atom is 0.177 e. The van der Waals surface area contributed by atoms with Crippen LogP contribution in [-0.4, -0.2) is 27.3 Å². The Morgan fingerprint density at radius 1 is 0.833 bits per heavy atom. The standard InChI is InChI=1S/C24H25N5O/c1-24(2,25-20-14-16-21(30-3)17-15-20)23-26-27-28-29(23)22(18-10-6-4-7-11-18)19-12-8-5-9-13-19/h4-17,22,25H,1-3H3. The Labute approximate surface area is 176 Å². The minimum Gasteiger partial charge on any atom is -0.497 e. The van der Waals surface area contributed by atoms with E-state index in [4.69, 9.17) is 4.74 Å². The maximum absolute atomic E-state index is 5.26. The Kier molecular flexibility index (Phi) is 5.48. The molecule has 152 valence electrons. The van der Waals surface area contributed by atoms with Crippen LogP contribution in [0.3, 0.4) is 0 Å². The van der Waals surface area contributed by atoms with E-state index in [9.17, 15) is 0 Å². The summed E-state index contributed by atoms with van der Waals surface area (Å²) in [5, 5.41) is 16.4. The van der Waals surface area contributed by atoms with Crippen molar-refractivity contribution in [1.29, 1.82) is 0 Å². The Morgan fingerprint density at radius 2 is 1.40 bits per heavy atom. The molecule has 0 spiro atoms. The second-order valence-corrected chi connectivity index (χ2v) is 7.65. The third-order valence-corrected chi connectivity index (χ3v) is 5.07. The Hall–Kier alpha value is -3.67. The van der Waals surface area contributed by atoms with Gasteiger partial charge in [-0.15, -0.1) is 5.10 Å². The number of aromatic nitrogens is 4. The fraction of sp³-hybridized carbons (Fsp3) is 0.208. The summed E-state index contributed by atoms with van der Waals surface area (Å²) < 4.78 is 7.16. The monoisotopic (exact) mass is 399 g/mol. The van der Waals surface area contributed by atoms with Gasteiger partial charge in [0.15, 0.2) is 5.82 Å². The zero-order valence-corrected chi connectivity index (χ0v) is 17.4. The van der Waals surface area contributed by atoms with Gasteiger partial charge in [0.1, 0.15) is 11.8 Å². The van der Waals surface area contributed by atoms with Gasteiger partial charge in [-0.2, -0.15) is 0 Å². The van der Waals surface area contributed by atoms with Crippen LogP contribution in [0.2, 0.25) is 0 Å². The van der Waals surface area contributed by atoms with Gasteiger partial charge in [0, 0.05) is 5.69 Å². The number of methoxy groups -OCH3 is 1. The normalized spacial score (nSPS) is 11.5. The van der Waals surface area contributed by atoms with Crippen LogP contribution in [0.5, 0.6) is 5.75 Å². The maximum atomic E-state index is 5.26. The SMILES string of the molecule is COc1ccc(NC(C)(C)c2nnnn2C(c2ccccc2)c2ccccc2)cc1. The highest BCUT2D eigenvalue weighted by atomic mass is 16.5. The number of hydrogen-bond donors (Lipinski definition) is 1. The lowest BCUT2D eigenvalue weighted by Gasteiger charge is -2.29. The molecule has 0 bridgehead atoms. The molecule has 0 radical (unpaired) electrons. The molecule has 0 aliphatic carbocycles. The molecule has 1 aromatic heterocycles. The number of anilines is 1. The van der Waals surface area contributed by atoms with Crippen LogP contribution in [0.4, 0.5) is 5.69 Å². The first kappa shape index (κ1) is 19.6. The van der Waals surface area contributed by atoms with Crippen LogP contribution in [-0.2, 0) is 5.54 Å². The van der Waals surface area contributed by atoms with E-state index in [0.29, 0.717) is 0 Å². The van der Waals surface area contributed by atoms with Crippen molar-refractivity contribution in [3.8, 4) is 5.75 Å². The molecule has 6 nitrogen and oxygen atoms in total. The Balaban J connectivity index is 1.73. The molecule has 0 saturated heterocycles. The summed E-state index contributed by atoms with van der Waals surface area (Å²) in [6.07, 6.45) is 0. The number of hydrogen-bond acceptors (Lipinski definition) is 5. The molecule has 0 saturated carbocycles. The van der Waals surface area contributed by atoms with Crippen molar-refractivity contribution in [1.82, 2.24) is 20.2 Å². The molecule has 1 N–H and O–H groups in total. The average molecular weight is 399 g/mol. The second-order valence-electron chi connectivity index (χ2n) is 7.65. The van der Waals surface area contributed by atoms with E-state index >= 15 is 0 Å². The molecule has 0 unspecified atom stereocenters. The van der Waals surface area contributed by atoms with Gasteiger partial charge in [-0.1, -0.05) is 60.7 Å². The summed E-state index contributed by atoms with van der Waals surface area (Å²) in [6.45, 7) is 4.15. The molecule has 0 atom stereocenters. The summed E-state index contributed by atoms with van der Waals surface area (Å²) in [5.41, 5.74) is 2.70. The van der Waals surface area contributed by atoms with Crippen LogP contribution in [0, 0.1) is 0 Å². The van der Waals surface area contributed by atoms with Gasteiger partial charge in [0.2, 0.25) is 0 Å². The van der Waals surface area contributed by atoms with Crippen molar-refractivity contribution in [2.45, 2.75) is 25.4 Å². The van der Waals surface area contributed by atoms with E-state index in [-0.39, 0.29) is 6.04 Å². The molecule has 0 fully saturated rings. The molecule has 4 rings (SSSR count). The first-order chi connectivity index (χ1) is 14.6. The van der Waals surface area contributed by atoms with Gasteiger partial charge < -0.3 is 10.1 Å². The first-order valence-corrected chi connectivity index (χ1v) is 9.89. The van der Waals surface area contributed by atoms with E-state index < -0.39 is 5.54 Å². The zero-order chi connectivity index (χ0) is 21.0. The van der Waals surface area contributed by atoms with Crippen LogP contribution in [0.25, 0.3) is 0 Å². The molecule has 30 heavy (non-hydrogen) atoms.